The number of nitrogens with zero attached hydrogens (tertiary/aromatic N) is 3. The Morgan fingerprint density at radius 2 is 1.50 bits per heavy atom. The largest absolute Gasteiger partial charge is 0.379 e. The van der Waals surface area contributed by atoms with Crippen LogP contribution in [-0.4, -0.2) is 89.5 Å². The molecule has 1 N–H and O–H groups in total. The lowest BCUT2D eigenvalue weighted by Crippen LogP contribution is -2.49. The molecule has 0 radical (unpaired) electrons. The van der Waals surface area contributed by atoms with E-state index in [2.05, 4.69) is 19.4 Å². The van der Waals surface area contributed by atoms with Crippen molar-refractivity contribution < 1.29 is 13.2 Å². The third kappa shape index (κ3) is 5.57. The second-order valence-corrected chi connectivity index (χ2v) is 8.85. The van der Waals surface area contributed by atoms with Gasteiger partial charge in [0.15, 0.2) is 0 Å². The van der Waals surface area contributed by atoms with Crippen LogP contribution in [0.5, 0.6) is 0 Å². The van der Waals surface area contributed by atoms with Crippen LogP contribution >= 0.6 is 0 Å². The molecule has 2 saturated heterocycles. The quantitative estimate of drug-likeness (QED) is 0.756. The molecule has 0 bridgehead atoms. The maximum absolute atomic E-state index is 11.6. The molecule has 2 aliphatic heterocycles. The minimum atomic E-state index is -3.22. The van der Waals surface area contributed by atoms with Crippen LogP contribution < -0.4 is 9.62 Å². The van der Waals surface area contributed by atoms with Gasteiger partial charge in [0.1, 0.15) is 0 Å². The fraction of sp³-hybridized carbons (Fsp3) is 0.667. The van der Waals surface area contributed by atoms with Crippen LogP contribution in [0.3, 0.4) is 0 Å². The van der Waals surface area contributed by atoms with Gasteiger partial charge in [0.05, 0.1) is 19.0 Å². The number of ether oxygens (including phenoxy) is 1. The predicted octanol–water partition coefficient (Wildman–Crippen LogP) is 0.902. The van der Waals surface area contributed by atoms with E-state index in [1.807, 2.05) is 24.3 Å². The first kappa shape index (κ1) is 19.4. The molecule has 146 valence electrons. The Balaban J connectivity index is 1.44. The Hall–Kier alpha value is -1.35. The van der Waals surface area contributed by atoms with E-state index < -0.39 is 10.0 Å². The van der Waals surface area contributed by atoms with Gasteiger partial charge in [-0.3, -0.25) is 14.5 Å². The number of nitrogens with one attached hydrogen (secondary N) is 1. The van der Waals surface area contributed by atoms with Crippen LogP contribution in [0.4, 0.5) is 11.4 Å². The monoisotopic (exact) mass is 382 g/mol. The number of piperazine rings is 1. The summed E-state index contributed by atoms with van der Waals surface area (Å²) in [5.74, 6) is 0.0845. The van der Waals surface area contributed by atoms with E-state index in [9.17, 15) is 8.42 Å². The van der Waals surface area contributed by atoms with E-state index in [1.165, 1.54) is 0 Å². The number of anilines is 2. The average molecular weight is 383 g/mol. The van der Waals surface area contributed by atoms with Crippen LogP contribution in [0.15, 0.2) is 24.3 Å². The Labute approximate surface area is 157 Å². The average Bonchev–Trinajstić information content (AvgIpc) is 2.68. The molecule has 0 amide bonds. The van der Waals surface area contributed by atoms with Gasteiger partial charge in [-0.15, -0.1) is 0 Å². The van der Waals surface area contributed by atoms with Crippen LogP contribution in [0, 0.1) is 0 Å². The van der Waals surface area contributed by atoms with Gasteiger partial charge in [-0.05, 0) is 31.2 Å². The fourth-order valence-corrected chi connectivity index (χ4v) is 3.97. The second kappa shape index (κ2) is 9.03. The Morgan fingerprint density at radius 3 is 2.08 bits per heavy atom. The highest BCUT2D eigenvalue weighted by Crippen LogP contribution is 2.20. The SMILES string of the molecule is CCS(=O)(=O)Nc1ccc(N2CCN(CCN3CCOCC3)CC2)cc1. The Morgan fingerprint density at radius 1 is 0.923 bits per heavy atom. The molecule has 2 aliphatic rings. The maximum atomic E-state index is 11.6. The van der Waals surface area contributed by atoms with Crippen LogP contribution in [0.2, 0.25) is 0 Å². The minimum Gasteiger partial charge on any atom is -0.379 e. The van der Waals surface area contributed by atoms with Crippen molar-refractivity contribution >= 4 is 21.4 Å². The molecule has 0 aromatic heterocycles. The highest BCUT2D eigenvalue weighted by atomic mass is 32.2. The molecule has 7 nitrogen and oxygen atoms in total. The van der Waals surface area contributed by atoms with Crippen molar-refractivity contribution in [2.45, 2.75) is 6.92 Å². The van der Waals surface area contributed by atoms with Crippen LogP contribution in [0.1, 0.15) is 6.92 Å². The molecule has 0 unspecified atom stereocenters. The van der Waals surface area contributed by atoms with Gasteiger partial charge in [-0.25, -0.2) is 8.42 Å². The Bertz CT molecular complexity index is 652. The molecular weight excluding hydrogens is 352 g/mol. The summed E-state index contributed by atoms with van der Waals surface area (Å²) in [6.07, 6.45) is 0. The standard InChI is InChI=1S/C18H30N4O3S/c1-2-26(23,24)19-17-3-5-18(6-4-17)22-11-9-20(10-12-22)7-8-21-13-15-25-16-14-21/h3-6,19H,2,7-16H2,1H3. The molecule has 0 spiro atoms. The van der Waals surface area contributed by atoms with Crippen molar-refractivity contribution in [2.75, 3.05) is 80.9 Å². The topological polar surface area (TPSA) is 65.1 Å². The van der Waals surface area contributed by atoms with E-state index in [0.717, 1.165) is 71.3 Å². The summed E-state index contributed by atoms with van der Waals surface area (Å²) in [5, 5.41) is 0. The van der Waals surface area contributed by atoms with E-state index in [-0.39, 0.29) is 5.75 Å². The molecule has 8 heteroatoms. The number of morpholine rings is 1. The lowest BCUT2D eigenvalue weighted by molar-refractivity contribution is 0.0331. The molecule has 0 aliphatic carbocycles. The van der Waals surface area contributed by atoms with Crippen molar-refractivity contribution in [3.05, 3.63) is 24.3 Å². The van der Waals surface area contributed by atoms with Gasteiger partial charge < -0.3 is 9.64 Å². The first-order chi connectivity index (χ1) is 12.6. The zero-order chi connectivity index (χ0) is 18.4. The van der Waals surface area contributed by atoms with Crippen LogP contribution in [0.25, 0.3) is 0 Å². The number of sulfonamides is 1. The summed E-state index contributed by atoms with van der Waals surface area (Å²) < 4.78 is 31.2. The molecule has 0 atom stereocenters. The molecule has 0 saturated carbocycles. The van der Waals surface area contributed by atoms with Gasteiger partial charge >= 0.3 is 0 Å². The molecule has 2 fully saturated rings. The van der Waals surface area contributed by atoms with E-state index >= 15 is 0 Å². The van der Waals surface area contributed by atoms with E-state index in [1.54, 1.807) is 6.92 Å². The predicted molar refractivity (Wildman–Crippen MR) is 105 cm³/mol. The molecule has 2 heterocycles. The summed E-state index contributed by atoms with van der Waals surface area (Å²) in [6, 6.07) is 7.68. The summed E-state index contributed by atoms with van der Waals surface area (Å²) in [6.45, 7) is 11.8. The normalized spacial score (nSPS) is 20.3. The minimum absolute atomic E-state index is 0.0845. The third-order valence-electron chi connectivity index (χ3n) is 5.09. The summed E-state index contributed by atoms with van der Waals surface area (Å²) in [4.78, 5) is 7.37. The number of hydrogen-bond acceptors (Lipinski definition) is 6. The summed E-state index contributed by atoms with van der Waals surface area (Å²) >= 11 is 0. The molecule has 3 rings (SSSR count). The van der Waals surface area contributed by atoms with Gasteiger partial charge in [0, 0.05) is 63.7 Å². The fourth-order valence-electron chi connectivity index (χ4n) is 3.33. The zero-order valence-corrected chi connectivity index (χ0v) is 16.4. The van der Waals surface area contributed by atoms with Crippen molar-refractivity contribution in [1.29, 1.82) is 0 Å². The van der Waals surface area contributed by atoms with Gasteiger partial charge in [-0.1, -0.05) is 0 Å². The van der Waals surface area contributed by atoms with E-state index in [4.69, 9.17) is 4.74 Å². The summed E-state index contributed by atoms with van der Waals surface area (Å²) in [5.41, 5.74) is 1.78. The zero-order valence-electron chi connectivity index (χ0n) is 15.6. The number of rotatable bonds is 7. The Kier molecular flexibility index (Phi) is 6.74. The summed E-state index contributed by atoms with van der Waals surface area (Å²) in [7, 11) is -3.22. The lowest BCUT2D eigenvalue weighted by atomic mass is 10.2. The van der Waals surface area contributed by atoms with Crippen molar-refractivity contribution in [3.8, 4) is 0 Å². The first-order valence-corrected chi connectivity index (χ1v) is 11.1. The second-order valence-electron chi connectivity index (χ2n) is 6.84. The molecular formula is C18H30N4O3S. The van der Waals surface area contributed by atoms with Crippen molar-refractivity contribution in [2.24, 2.45) is 0 Å². The highest BCUT2D eigenvalue weighted by molar-refractivity contribution is 7.92. The molecule has 26 heavy (non-hydrogen) atoms. The first-order valence-electron chi connectivity index (χ1n) is 9.44. The van der Waals surface area contributed by atoms with Gasteiger partial charge in [0.2, 0.25) is 10.0 Å². The molecule has 1 aromatic rings. The van der Waals surface area contributed by atoms with Crippen molar-refractivity contribution in [3.63, 3.8) is 0 Å². The third-order valence-corrected chi connectivity index (χ3v) is 6.40. The smallest absolute Gasteiger partial charge is 0.232 e. The highest BCUT2D eigenvalue weighted by Gasteiger charge is 2.18. The molecule has 1 aromatic carbocycles. The number of benzene rings is 1. The number of hydrogen-bond donors (Lipinski definition) is 1. The van der Waals surface area contributed by atoms with Gasteiger partial charge in [-0.2, -0.15) is 0 Å². The van der Waals surface area contributed by atoms with Crippen LogP contribution in [-0.2, 0) is 14.8 Å². The van der Waals surface area contributed by atoms with Crippen molar-refractivity contribution in [1.82, 2.24) is 9.80 Å². The van der Waals surface area contributed by atoms with Gasteiger partial charge in [0.25, 0.3) is 0 Å². The van der Waals surface area contributed by atoms with E-state index in [0.29, 0.717) is 5.69 Å². The lowest BCUT2D eigenvalue weighted by Gasteiger charge is -2.37. The maximum Gasteiger partial charge on any atom is 0.232 e.